The van der Waals surface area contributed by atoms with Crippen molar-refractivity contribution in [2.45, 2.75) is 77.7 Å². The molecule has 1 nitrogen and oxygen atoms in total. The molecule has 128 valence electrons. The van der Waals surface area contributed by atoms with E-state index in [4.69, 9.17) is 5.73 Å². The van der Waals surface area contributed by atoms with Crippen LogP contribution in [0.3, 0.4) is 0 Å². The first-order chi connectivity index (χ1) is 11.2. The van der Waals surface area contributed by atoms with Gasteiger partial charge in [-0.05, 0) is 73.0 Å². The van der Waals surface area contributed by atoms with Crippen molar-refractivity contribution in [2.24, 2.45) is 5.73 Å². The second-order valence-electron chi connectivity index (χ2n) is 6.67. The predicted molar refractivity (Wildman–Crippen MR) is 107 cm³/mol. The van der Waals surface area contributed by atoms with Gasteiger partial charge in [0.05, 0.1) is 0 Å². The van der Waals surface area contributed by atoms with Gasteiger partial charge in [0.2, 0.25) is 0 Å². The first kappa shape index (κ1) is 18.7. The zero-order valence-electron chi connectivity index (χ0n) is 14.6. The molecular weight excluding hydrogens is 318 g/mol. The normalized spacial score (nSPS) is 12.7. The number of aryl methyl sites for hydroxylation is 2. The van der Waals surface area contributed by atoms with Gasteiger partial charge in [0.15, 0.2) is 0 Å². The van der Waals surface area contributed by atoms with Gasteiger partial charge in [-0.15, -0.1) is 22.7 Å². The average Bonchev–Trinajstić information content (AvgIpc) is 3.17. The van der Waals surface area contributed by atoms with Crippen molar-refractivity contribution in [2.75, 3.05) is 0 Å². The standard InChI is InChI=1S/C20H31NS2/c1-3-4-5-6-10-17-12-19(22-14-17)20-13-18(15-23-20)11-8-7-9-16(2)21/h12-16H,3-11,21H2,1-2H3. The second kappa shape index (κ2) is 10.3. The molecule has 0 aliphatic carbocycles. The quantitative estimate of drug-likeness (QED) is 0.451. The average molecular weight is 350 g/mol. The van der Waals surface area contributed by atoms with Crippen LogP contribution in [0.2, 0.25) is 0 Å². The Balaban J connectivity index is 1.79. The zero-order valence-corrected chi connectivity index (χ0v) is 16.3. The molecule has 2 heterocycles. The zero-order chi connectivity index (χ0) is 16.5. The Morgan fingerprint density at radius 2 is 1.43 bits per heavy atom. The lowest BCUT2D eigenvalue weighted by molar-refractivity contribution is 0.598. The summed E-state index contributed by atoms with van der Waals surface area (Å²) in [4.78, 5) is 2.89. The van der Waals surface area contributed by atoms with Crippen LogP contribution in [0.15, 0.2) is 22.9 Å². The first-order valence-corrected chi connectivity index (χ1v) is 10.9. The number of rotatable bonds is 11. The van der Waals surface area contributed by atoms with Crippen LogP contribution in [0.5, 0.6) is 0 Å². The van der Waals surface area contributed by atoms with E-state index in [9.17, 15) is 0 Å². The van der Waals surface area contributed by atoms with Crippen molar-refractivity contribution >= 4 is 22.7 Å². The fourth-order valence-corrected chi connectivity index (χ4v) is 4.83. The van der Waals surface area contributed by atoms with Gasteiger partial charge in [-0.1, -0.05) is 32.6 Å². The van der Waals surface area contributed by atoms with Crippen LogP contribution in [0.1, 0.15) is 69.9 Å². The van der Waals surface area contributed by atoms with Crippen LogP contribution >= 0.6 is 22.7 Å². The predicted octanol–water partition coefficient (Wildman–Crippen LogP) is 6.66. The SMILES string of the molecule is CCCCCCc1csc(-c2cc(CCCCC(C)N)cs2)c1. The van der Waals surface area contributed by atoms with E-state index in [1.165, 1.54) is 72.2 Å². The number of hydrogen-bond donors (Lipinski definition) is 1. The van der Waals surface area contributed by atoms with Crippen LogP contribution in [0.4, 0.5) is 0 Å². The molecule has 0 aliphatic heterocycles. The molecule has 0 bridgehead atoms. The maximum Gasteiger partial charge on any atom is 0.0445 e. The summed E-state index contributed by atoms with van der Waals surface area (Å²) in [6.45, 7) is 4.37. The van der Waals surface area contributed by atoms with Gasteiger partial charge in [-0.3, -0.25) is 0 Å². The van der Waals surface area contributed by atoms with Crippen LogP contribution in [0, 0.1) is 0 Å². The summed E-state index contributed by atoms with van der Waals surface area (Å²) in [6.07, 6.45) is 11.5. The molecule has 2 aromatic rings. The van der Waals surface area contributed by atoms with Crippen molar-refractivity contribution in [1.82, 2.24) is 0 Å². The van der Waals surface area contributed by atoms with Gasteiger partial charge < -0.3 is 5.73 Å². The summed E-state index contributed by atoms with van der Waals surface area (Å²) in [5.74, 6) is 0. The Morgan fingerprint density at radius 1 is 0.870 bits per heavy atom. The number of thiophene rings is 2. The number of unbranched alkanes of at least 4 members (excludes halogenated alkanes) is 4. The molecule has 2 aromatic heterocycles. The lowest BCUT2D eigenvalue weighted by atomic mass is 10.1. The van der Waals surface area contributed by atoms with Crippen LogP contribution in [-0.4, -0.2) is 6.04 Å². The number of hydrogen-bond acceptors (Lipinski definition) is 3. The highest BCUT2D eigenvalue weighted by Gasteiger charge is 2.06. The largest absolute Gasteiger partial charge is 0.328 e. The van der Waals surface area contributed by atoms with E-state index in [1.807, 2.05) is 22.7 Å². The van der Waals surface area contributed by atoms with Crippen molar-refractivity contribution in [3.8, 4) is 9.75 Å². The van der Waals surface area contributed by atoms with E-state index in [-0.39, 0.29) is 0 Å². The third-order valence-corrected chi connectivity index (χ3v) is 6.40. The summed E-state index contributed by atoms with van der Waals surface area (Å²) in [7, 11) is 0. The minimum Gasteiger partial charge on any atom is -0.328 e. The van der Waals surface area contributed by atoms with Crippen LogP contribution in [0.25, 0.3) is 9.75 Å². The molecular formula is C20H31NS2. The molecule has 0 saturated heterocycles. The molecule has 0 aliphatic rings. The Kier molecular flexibility index (Phi) is 8.35. The molecule has 0 amide bonds. The summed E-state index contributed by atoms with van der Waals surface area (Å²) in [5.41, 5.74) is 8.82. The Morgan fingerprint density at radius 3 is 1.96 bits per heavy atom. The fraction of sp³-hybridized carbons (Fsp3) is 0.600. The van der Waals surface area contributed by atoms with E-state index >= 15 is 0 Å². The van der Waals surface area contributed by atoms with Crippen molar-refractivity contribution in [3.05, 3.63) is 34.0 Å². The summed E-state index contributed by atoms with van der Waals surface area (Å²) in [6, 6.07) is 5.14. The van der Waals surface area contributed by atoms with E-state index in [1.54, 1.807) is 0 Å². The highest BCUT2D eigenvalue weighted by molar-refractivity contribution is 7.20. The summed E-state index contributed by atoms with van der Waals surface area (Å²) < 4.78 is 0. The smallest absolute Gasteiger partial charge is 0.0445 e. The third kappa shape index (κ3) is 6.78. The van der Waals surface area contributed by atoms with Crippen molar-refractivity contribution in [3.63, 3.8) is 0 Å². The topological polar surface area (TPSA) is 26.0 Å². The van der Waals surface area contributed by atoms with Crippen molar-refractivity contribution < 1.29 is 0 Å². The van der Waals surface area contributed by atoms with Gasteiger partial charge in [0.25, 0.3) is 0 Å². The molecule has 0 aromatic carbocycles. The minimum atomic E-state index is 0.343. The first-order valence-electron chi connectivity index (χ1n) is 9.09. The molecule has 0 spiro atoms. The van der Waals surface area contributed by atoms with Gasteiger partial charge in [0.1, 0.15) is 0 Å². The van der Waals surface area contributed by atoms with Crippen molar-refractivity contribution in [1.29, 1.82) is 0 Å². The van der Waals surface area contributed by atoms with Gasteiger partial charge >= 0.3 is 0 Å². The van der Waals surface area contributed by atoms with E-state index < -0.39 is 0 Å². The molecule has 2 rings (SSSR count). The molecule has 0 radical (unpaired) electrons. The van der Waals surface area contributed by atoms with Crippen LogP contribution in [-0.2, 0) is 12.8 Å². The Bertz CT molecular complexity index is 553. The molecule has 0 saturated carbocycles. The molecule has 0 fully saturated rings. The maximum absolute atomic E-state index is 5.81. The molecule has 23 heavy (non-hydrogen) atoms. The minimum absolute atomic E-state index is 0.343. The molecule has 2 N–H and O–H groups in total. The van der Waals surface area contributed by atoms with Crippen LogP contribution < -0.4 is 5.73 Å². The Labute approximate surface area is 149 Å². The summed E-state index contributed by atoms with van der Waals surface area (Å²) in [5, 5.41) is 4.69. The van der Waals surface area contributed by atoms with E-state index in [0.29, 0.717) is 6.04 Å². The molecule has 3 heteroatoms. The summed E-state index contributed by atoms with van der Waals surface area (Å²) >= 11 is 3.80. The Hall–Kier alpha value is -0.640. The van der Waals surface area contributed by atoms with Gasteiger partial charge in [-0.2, -0.15) is 0 Å². The monoisotopic (exact) mass is 349 g/mol. The molecule has 1 unspecified atom stereocenters. The highest BCUT2D eigenvalue weighted by atomic mass is 32.1. The van der Waals surface area contributed by atoms with Gasteiger partial charge in [-0.25, -0.2) is 0 Å². The molecule has 1 atom stereocenters. The fourth-order valence-electron chi connectivity index (χ4n) is 2.82. The second-order valence-corrected chi connectivity index (χ2v) is 8.49. The lowest BCUT2D eigenvalue weighted by Gasteiger charge is -2.03. The number of nitrogens with two attached hydrogens (primary N) is 1. The van der Waals surface area contributed by atoms with E-state index in [0.717, 1.165) is 6.42 Å². The van der Waals surface area contributed by atoms with E-state index in [2.05, 4.69) is 36.7 Å². The lowest BCUT2D eigenvalue weighted by Crippen LogP contribution is -2.13. The highest BCUT2D eigenvalue weighted by Crippen LogP contribution is 2.33. The van der Waals surface area contributed by atoms with Gasteiger partial charge in [0, 0.05) is 15.8 Å². The maximum atomic E-state index is 5.81. The third-order valence-electron chi connectivity index (χ3n) is 4.24.